The fraction of sp³-hybridized carbons (Fsp3) is 0.100. The summed E-state index contributed by atoms with van der Waals surface area (Å²) in [6.07, 6.45) is 2.88. The molecular formula is C10H7N3O6. The van der Waals surface area contributed by atoms with Crippen LogP contribution in [0.1, 0.15) is 16.1 Å². The van der Waals surface area contributed by atoms with E-state index in [1.165, 1.54) is 6.07 Å². The molecule has 2 rings (SSSR count). The molecule has 2 aromatic rings. The summed E-state index contributed by atoms with van der Waals surface area (Å²) in [4.78, 5) is 35.3. The number of nitro groups is 1. The highest BCUT2D eigenvalue weighted by atomic mass is 16.6. The Hall–Kier alpha value is -2.97. The van der Waals surface area contributed by atoms with Gasteiger partial charge < -0.3 is 9.52 Å². The highest BCUT2D eigenvalue weighted by Gasteiger charge is 2.12. The quantitative estimate of drug-likeness (QED) is 0.629. The topological polar surface area (TPSA) is 128 Å². The second-order valence-corrected chi connectivity index (χ2v) is 3.59. The molecule has 19 heavy (non-hydrogen) atoms. The number of carboxylic acid groups (broad SMARTS) is 1. The predicted molar refractivity (Wildman–Crippen MR) is 59.9 cm³/mol. The smallest absolute Gasteiger partial charge is 0.348 e. The SMILES string of the molecule is O=C(O)c1coc(Cn2cc([N+](=O)[O-])cnc2=O)c1. The average Bonchev–Trinajstić information content (AvgIpc) is 2.80. The number of rotatable bonds is 4. The summed E-state index contributed by atoms with van der Waals surface area (Å²) < 4.78 is 5.91. The van der Waals surface area contributed by atoms with Crippen LogP contribution in [0, 0.1) is 10.1 Å². The first kappa shape index (κ1) is 12.5. The molecule has 0 saturated carbocycles. The Balaban J connectivity index is 2.31. The van der Waals surface area contributed by atoms with Gasteiger partial charge in [0, 0.05) is 0 Å². The highest BCUT2D eigenvalue weighted by Crippen LogP contribution is 2.10. The van der Waals surface area contributed by atoms with Gasteiger partial charge in [-0.3, -0.25) is 14.7 Å². The maximum absolute atomic E-state index is 11.4. The van der Waals surface area contributed by atoms with Crippen LogP contribution in [0.3, 0.4) is 0 Å². The van der Waals surface area contributed by atoms with Crippen molar-refractivity contribution < 1.29 is 19.2 Å². The zero-order valence-electron chi connectivity index (χ0n) is 9.35. The number of carboxylic acids is 1. The van der Waals surface area contributed by atoms with Crippen molar-refractivity contribution in [3.63, 3.8) is 0 Å². The molecular weight excluding hydrogens is 258 g/mol. The van der Waals surface area contributed by atoms with Gasteiger partial charge in [0.1, 0.15) is 18.2 Å². The van der Waals surface area contributed by atoms with E-state index in [1.54, 1.807) is 0 Å². The van der Waals surface area contributed by atoms with E-state index in [0.29, 0.717) is 0 Å². The maximum atomic E-state index is 11.4. The first-order chi connectivity index (χ1) is 8.97. The molecule has 0 fully saturated rings. The zero-order valence-corrected chi connectivity index (χ0v) is 9.35. The first-order valence-corrected chi connectivity index (χ1v) is 4.99. The zero-order chi connectivity index (χ0) is 14.0. The minimum atomic E-state index is -1.17. The van der Waals surface area contributed by atoms with Crippen molar-refractivity contribution in [1.29, 1.82) is 0 Å². The molecule has 0 spiro atoms. The van der Waals surface area contributed by atoms with Gasteiger partial charge in [0.2, 0.25) is 0 Å². The van der Waals surface area contributed by atoms with Gasteiger partial charge in [0.25, 0.3) is 0 Å². The fourth-order valence-electron chi connectivity index (χ4n) is 1.39. The average molecular weight is 265 g/mol. The lowest BCUT2D eigenvalue weighted by Gasteiger charge is -2.01. The van der Waals surface area contributed by atoms with E-state index < -0.39 is 16.6 Å². The lowest BCUT2D eigenvalue weighted by atomic mass is 10.3. The number of hydrogen-bond donors (Lipinski definition) is 1. The van der Waals surface area contributed by atoms with Crippen molar-refractivity contribution in [2.45, 2.75) is 6.54 Å². The minimum absolute atomic E-state index is 0.0681. The Morgan fingerprint density at radius 2 is 2.32 bits per heavy atom. The van der Waals surface area contributed by atoms with E-state index in [4.69, 9.17) is 9.52 Å². The number of furan rings is 1. The minimum Gasteiger partial charge on any atom is -0.478 e. The normalized spacial score (nSPS) is 10.3. The summed E-state index contributed by atoms with van der Waals surface area (Å²) >= 11 is 0. The van der Waals surface area contributed by atoms with Crippen LogP contribution < -0.4 is 5.69 Å². The van der Waals surface area contributed by atoms with Crippen molar-refractivity contribution >= 4 is 11.7 Å². The molecule has 0 bridgehead atoms. The molecule has 2 aromatic heterocycles. The van der Waals surface area contributed by atoms with Gasteiger partial charge in [-0.05, 0) is 6.07 Å². The van der Waals surface area contributed by atoms with Gasteiger partial charge in [-0.25, -0.2) is 9.59 Å². The van der Waals surface area contributed by atoms with Crippen LogP contribution in [0.4, 0.5) is 5.69 Å². The van der Waals surface area contributed by atoms with E-state index in [0.717, 1.165) is 23.2 Å². The first-order valence-electron chi connectivity index (χ1n) is 4.99. The molecule has 0 aromatic carbocycles. The van der Waals surface area contributed by atoms with Crippen LogP contribution in [-0.2, 0) is 6.54 Å². The lowest BCUT2D eigenvalue weighted by Crippen LogP contribution is -2.22. The van der Waals surface area contributed by atoms with Gasteiger partial charge in [-0.15, -0.1) is 0 Å². The molecule has 9 heteroatoms. The van der Waals surface area contributed by atoms with E-state index >= 15 is 0 Å². The molecule has 1 N–H and O–H groups in total. The number of aromatic nitrogens is 2. The number of nitrogens with zero attached hydrogens (tertiary/aromatic N) is 3. The fourth-order valence-corrected chi connectivity index (χ4v) is 1.39. The van der Waals surface area contributed by atoms with E-state index in [9.17, 15) is 19.7 Å². The van der Waals surface area contributed by atoms with E-state index in [1.807, 2.05) is 0 Å². The molecule has 0 amide bonds. The Bertz CT molecular complexity index is 701. The molecule has 0 radical (unpaired) electrons. The van der Waals surface area contributed by atoms with Crippen molar-refractivity contribution in [3.8, 4) is 0 Å². The Kier molecular flexibility index (Phi) is 3.10. The summed E-state index contributed by atoms with van der Waals surface area (Å²) in [6.45, 7) is -0.138. The largest absolute Gasteiger partial charge is 0.478 e. The molecule has 2 heterocycles. The van der Waals surface area contributed by atoms with E-state index in [2.05, 4.69) is 4.98 Å². The molecule has 0 saturated heterocycles. The van der Waals surface area contributed by atoms with Crippen molar-refractivity contribution in [3.05, 3.63) is 56.6 Å². The van der Waals surface area contributed by atoms with Crippen molar-refractivity contribution in [2.24, 2.45) is 0 Å². The number of carbonyl (C=O) groups is 1. The summed E-state index contributed by atoms with van der Waals surface area (Å²) in [6, 6.07) is 1.23. The third-order valence-electron chi connectivity index (χ3n) is 2.28. The number of aromatic carboxylic acids is 1. The van der Waals surface area contributed by atoms with Crippen LogP contribution >= 0.6 is 0 Å². The maximum Gasteiger partial charge on any atom is 0.348 e. The van der Waals surface area contributed by atoms with Crippen molar-refractivity contribution in [2.75, 3.05) is 0 Å². The summed E-state index contributed by atoms with van der Waals surface area (Å²) in [5.74, 6) is -0.985. The van der Waals surface area contributed by atoms with Gasteiger partial charge in [0.05, 0.1) is 23.2 Å². The third kappa shape index (κ3) is 2.65. The third-order valence-corrected chi connectivity index (χ3v) is 2.28. The monoisotopic (exact) mass is 265 g/mol. The Labute approximate surface area is 104 Å². The second-order valence-electron chi connectivity index (χ2n) is 3.59. The van der Waals surface area contributed by atoms with Crippen molar-refractivity contribution in [1.82, 2.24) is 9.55 Å². The molecule has 9 nitrogen and oxygen atoms in total. The lowest BCUT2D eigenvalue weighted by molar-refractivity contribution is -0.385. The molecule has 0 aliphatic carbocycles. The van der Waals surface area contributed by atoms with Gasteiger partial charge >= 0.3 is 17.3 Å². The van der Waals surface area contributed by atoms with Crippen LogP contribution in [0.25, 0.3) is 0 Å². The Morgan fingerprint density at radius 1 is 1.58 bits per heavy atom. The van der Waals surface area contributed by atoms with Crippen LogP contribution in [0.5, 0.6) is 0 Å². The number of hydrogen-bond acceptors (Lipinski definition) is 6. The molecule has 0 aliphatic heterocycles. The molecule has 0 unspecified atom stereocenters. The standard InChI is InChI=1S/C10H7N3O6/c14-9(15)6-1-8(19-5-6)4-12-3-7(13(17)18)2-11-10(12)16/h1-3,5H,4H2,(H,14,15). The van der Waals surface area contributed by atoms with Crippen LogP contribution in [-0.4, -0.2) is 25.6 Å². The van der Waals surface area contributed by atoms with Gasteiger partial charge in [-0.2, -0.15) is 4.98 Å². The molecule has 0 atom stereocenters. The highest BCUT2D eigenvalue weighted by molar-refractivity contribution is 5.87. The van der Waals surface area contributed by atoms with E-state index in [-0.39, 0.29) is 23.6 Å². The molecule has 98 valence electrons. The summed E-state index contributed by atoms with van der Waals surface area (Å²) in [7, 11) is 0. The Morgan fingerprint density at radius 3 is 2.89 bits per heavy atom. The summed E-state index contributed by atoms with van der Waals surface area (Å²) in [5, 5.41) is 19.3. The molecule has 0 aliphatic rings. The van der Waals surface area contributed by atoms with Crippen LogP contribution in [0.15, 0.2) is 33.9 Å². The van der Waals surface area contributed by atoms with Crippen LogP contribution in [0.2, 0.25) is 0 Å². The summed E-state index contributed by atoms with van der Waals surface area (Å²) in [5.41, 5.74) is -1.11. The van der Waals surface area contributed by atoms with Gasteiger partial charge in [0.15, 0.2) is 0 Å². The predicted octanol–water partition coefficient (Wildman–Crippen LogP) is 0.491. The van der Waals surface area contributed by atoms with Gasteiger partial charge in [-0.1, -0.05) is 0 Å². The second kappa shape index (κ2) is 4.72.